The lowest BCUT2D eigenvalue weighted by molar-refractivity contribution is 0.212. The van der Waals surface area contributed by atoms with Gasteiger partial charge in [-0.25, -0.2) is 13.1 Å². The fourth-order valence-electron chi connectivity index (χ4n) is 3.03. The zero-order chi connectivity index (χ0) is 15.0. The average molecular weight is 317 g/mol. The van der Waals surface area contributed by atoms with E-state index in [1.165, 1.54) is 11.3 Å². The zero-order valence-corrected chi connectivity index (χ0v) is 13.9. The number of aliphatic hydroxyl groups is 1. The number of rotatable bonds is 4. The van der Waals surface area contributed by atoms with Crippen LogP contribution in [0, 0.1) is 12.3 Å². The molecular formula is C14H23NO3S2. The number of hydrogen-bond acceptors (Lipinski definition) is 4. The van der Waals surface area contributed by atoms with Gasteiger partial charge in [0.15, 0.2) is 0 Å². The van der Waals surface area contributed by atoms with E-state index in [2.05, 4.69) is 18.6 Å². The van der Waals surface area contributed by atoms with Crippen molar-refractivity contribution in [1.82, 2.24) is 4.72 Å². The molecule has 0 aromatic carbocycles. The highest BCUT2D eigenvalue weighted by molar-refractivity contribution is 7.89. The Bertz CT molecular complexity index is 575. The van der Waals surface area contributed by atoms with Crippen LogP contribution in [0.4, 0.5) is 0 Å². The van der Waals surface area contributed by atoms with Crippen molar-refractivity contribution in [3.05, 3.63) is 15.8 Å². The van der Waals surface area contributed by atoms with Crippen molar-refractivity contribution in [2.24, 2.45) is 5.41 Å². The molecule has 0 saturated heterocycles. The number of thiophene rings is 1. The fourth-order valence-corrected chi connectivity index (χ4v) is 5.97. The highest BCUT2D eigenvalue weighted by Gasteiger charge is 2.32. The minimum atomic E-state index is -3.54. The summed E-state index contributed by atoms with van der Waals surface area (Å²) >= 11 is 1.30. The van der Waals surface area contributed by atoms with Gasteiger partial charge < -0.3 is 5.11 Å². The van der Waals surface area contributed by atoms with E-state index in [0.29, 0.717) is 10.4 Å². The lowest BCUT2D eigenvalue weighted by Gasteiger charge is -2.35. The van der Waals surface area contributed by atoms with E-state index >= 15 is 0 Å². The third-order valence-electron chi connectivity index (χ3n) is 3.93. The van der Waals surface area contributed by atoms with Crippen molar-refractivity contribution in [1.29, 1.82) is 0 Å². The number of aryl methyl sites for hydroxylation is 1. The Morgan fingerprint density at radius 2 is 2.20 bits per heavy atom. The molecule has 4 nitrogen and oxygen atoms in total. The second-order valence-electron chi connectivity index (χ2n) is 6.41. The van der Waals surface area contributed by atoms with E-state index in [1.807, 2.05) is 0 Å². The summed E-state index contributed by atoms with van der Waals surface area (Å²) in [4.78, 5) is 0.790. The van der Waals surface area contributed by atoms with Crippen LogP contribution in [0.2, 0.25) is 0 Å². The van der Waals surface area contributed by atoms with Gasteiger partial charge in [-0.05, 0) is 42.5 Å². The summed E-state index contributed by atoms with van der Waals surface area (Å²) < 4.78 is 28.0. The predicted octanol–water partition coefficient (Wildman–Crippen LogP) is 2.80. The minimum Gasteiger partial charge on any atom is -0.391 e. The van der Waals surface area contributed by atoms with Gasteiger partial charge in [-0.2, -0.15) is 0 Å². The van der Waals surface area contributed by atoms with Crippen molar-refractivity contribution in [3.8, 4) is 0 Å². The van der Waals surface area contributed by atoms with E-state index in [9.17, 15) is 13.5 Å². The molecule has 1 aromatic rings. The molecule has 6 heteroatoms. The van der Waals surface area contributed by atoms with Gasteiger partial charge in [0, 0.05) is 6.04 Å². The molecule has 1 heterocycles. The Kier molecular flexibility index (Phi) is 4.59. The third kappa shape index (κ3) is 3.42. The molecule has 2 N–H and O–H groups in total. The molecule has 1 unspecified atom stereocenters. The van der Waals surface area contributed by atoms with Crippen LogP contribution in [-0.4, -0.2) is 19.6 Å². The normalized spacial score (nSPS) is 22.9. The molecule has 0 amide bonds. The number of nitrogens with one attached hydrogen (secondary N) is 1. The third-order valence-corrected chi connectivity index (χ3v) is 6.90. The molecule has 20 heavy (non-hydrogen) atoms. The van der Waals surface area contributed by atoms with Gasteiger partial charge in [0.2, 0.25) is 10.0 Å². The Hall–Kier alpha value is -0.430. The average Bonchev–Trinajstić information content (AvgIpc) is 2.69. The molecule has 0 spiro atoms. The maximum atomic E-state index is 12.6. The van der Waals surface area contributed by atoms with Gasteiger partial charge in [0.1, 0.15) is 4.90 Å². The van der Waals surface area contributed by atoms with Crippen LogP contribution in [0.25, 0.3) is 0 Å². The van der Waals surface area contributed by atoms with Gasteiger partial charge in [-0.1, -0.05) is 20.3 Å². The van der Waals surface area contributed by atoms with Crippen molar-refractivity contribution in [3.63, 3.8) is 0 Å². The predicted molar refractivity (Wildman–Crippen MR) is 81.3 cm³/mol. The molecule has 1 aliphatic carbocycles. The number of hydrogen-bond donors (Lipinski definition) is 2. The largest absolute Gasteiger partial charge is 0.391 e. The Labute approximate surface area is 125 Å². The topological polar surface area (TPSA) is 66.4 Å². The standard InChI is InChI=1S/C14H23NO3S2/c1-10-9-19-12(8-16)13(10)20(17,18)15-11-5-4-6-14(2,3)7-11/h9,11,15-16H,4-8H2,1-3H3. The summed E-state index contributed by atoms with van der Waals surface area (Å²) in [5, 5.41) is 11.1. The summed E-state index contributed by atoms with van der Waals surface area (Å²) in [6.45, 7) is 5.91. The van der Waals surface area contributed by atoms with Crippen LogP contribution in [-0.2, 0) is 16.6 Å². The molecule has 1 fully saturated rings. The molecular weight excluding hydrogens is 294 g/mol. The van der Waals surface area contributed by atoms with Crippen LogP contribution < -0.4 is 4.72 Å². The Morgan fingerprint density at radius 1 is 1.50 bits per heavy atom. The van der Waals surface area contributed by atoms with Gasteiger partial charge in [-0.15, -0.1) is 11.3 Å². The lowest BCUT2D eigenvalue weighted by Crippen LogP contribution is -2.40. The summed E-state index contributed by atoms with van der Waals surface area (Å²) in [6.07, 6.45) is 3.95. The van der Waals surface area contributed by atoms with Crippen molar-refractivity contribution in [2.45, 2.75) is 64.0 Å². The first kappa shape index (κ1) is 15.9. The molecule has 114 valence electrons. The van der Waals surface area contributed by atoms with E-state index in [4.69, 9.17) is 0 Å². The molecule has 1 atom stereocenters. The highest BCUT2D eigenvalue weighted by atomic mass is 32.2. The maximum Gasteiger partial charge on any atom is 0.242 e. The smallest absolute Gasteiger partial charge is 0.242 e. The number of aliphatic hydroxyl groups excluding tert-OH is 1. The van der Waals surface area contributed by atoms with Crippen LogP contribution >= 0.6 is 11.3 Å². The monoisotopic (exact) mass is 317 g/mol. The molecule has 1 aliphatic rings. The van der Waals surface area contributed by atoms with Crippen molar-refractivity contribution >= 4 is 21.4 Å². The first-order valence-corrected chi connectivity index (χ1v) is 9.31. The molecule has 0 aliphatic heterocycles. The Morgan fingerprint density at radius 3 is 2.80 bits per heavy atom. The summed E-state index contributed by atoms with van der Waals surface area (Å²) in [5.41, 5.74) is 0.899. The minimum absolute atomic E-state index is 0.00501. The van der Waals surface area contributed by atoms with Crippen LogP contribution in [0.5, 0.6) is 0 Å². The Balaban J connectivity index is 2.21. The molecule has 1 saturated carbocycles. The first-order chi connectivity index (χ1) is 9.25. The molecule has 1 aromatic heterocycles. The van der Waals surface area contributed by atoms with Gasteiger partial charge in [-0.3, -0.25) is 0 Å². The second-order valence-corrected chi connectivity index (χ2v) is 9.02. The van der Waals surface area contributed by atoms with Crippen LogP contribution in [0.1, 0.15) is 50.0 Å². The zero-order valence-electron chi connectivity index (χ0n) is 12.3. The fraction of sp³-hybridized carbons (Fsp3) is 0.714. The second kappa shape index (κ2) is 5.75. The van der Waals surface area contributed by atoms with Crippen molar-refractivity contribution < 1.29 is 13.5 Å². The molecule has 2 rings (SSSR count). The van der Waals surface area contributed by atoms with E-state index in [0.717, 1.165) is 25.7 Å². The highest BCUT2D eigenvalue weighted by Crippen LogP contribution is 2.36. The quantitative estimate of drug-likeness (QED) is 0.897. The molecule has 0 radical (unpaired) electrons. The van der Waals surface area contributed by atoms with Crippen LogP contribution in [0.3, 0.4) is 0 Å². The van der Waals surface area contributed by atoms with Crippen LogP contribution in [0.15, 0.2) is 10.3 Å². The van der Waals surface area contributed by atoms with E-state index in [1.54, 1.807) is 12.3 Å². The lowest BCUT2D eigenvalue weighted by atomic mass is 9.75. The van der Waals surface area contributed by atoms with Gasteiger partial charge >= 0.3 is 0 Å². The van der Waals surface area contributed by atoms with E-state index < -0.39 is 10.0 Å². The summed E-state index contributed by atoms with van der Waals surface area (Å²) in [5.74, 6) is 0. The number of sulfonamides is 1. The SMILES string of the molecule is Cc1csc(CO)c1S(=O)(=O)NC1CCCC(C)(C)C1. The maximum absolute atomic E-state index is 12.6. The van der Waals surface area contributed by atoms with E-state index in [-0.39, 0.29) is 23.0 Å². The van der Waals surface area contributed by atoms with Crippen molar-refractivity contribution in [2.75, 3.05) is 0 Å². The summed E-state index contributed by atoms with van der Waals surface area (Å²) in [7, 11) is -3.54. The molecule has 0 bridgehead atoms. The van der Waals surface area contributed by atoms with Gasteiger partial charge in [0.05, 0.1) is 11.5 Å². The first-order valence-electron chi connectivity index (χ1n) is 6.95. The summed E-state index contributed by atoms with van der Waals surface area (Å²) in [6, 6.07) is -0.00501. The van der Waals surface area contributed by atoms with Gasteiger partial charge in [0.25, 0.3) is 0 Å².